The van der Waals surface area contributed by atoms with Crippen LogP contribution in [-0.4, -0.2) is 61.0 Å². The van der Waals surface area contributed by atoms with E-state index in [-0.39, 0.29) is 18.0 Å². The van der Waals surface area contributed by atoms with Crippen molar-refractivity contribution in [2.75, 3.05) is 24.2 Å². The summed E-state index contributed by atoms with van der Waals surface area (Å²) in [6, 6.07) is 8.70. The SMILES string of the molecule is CC(=O)N1CC[C@H]2CC[C@@H](CN(C3CCCC3)Cc3ccccc31)N2S(C)(=O)=O. The first-order valence-electron chi connectivity index (χ1n) is 10.9. The third-order valence-corrected chi connectivity index (χ3v) is 8.31. The molecule has 0 aromatic heterocycles. The molecule has 7 heteroatoms. The summed E-state index contributed by atoms with van der Waals surface area (Å²) in [5, 5.41) is 0. The van der Waals surface area contributed by atoms with Gasteiger partial charge in [-0.3, -0.25) is 9.69 Å². The van der Waals surface area contributed by atoms with Gasteiger partial charge in [-0.05, 0) is 43.7 Å². The minimum Gasteiger partial charge on any atom is -0.312 e. The van der Waals surface area contributed by atoms with Crippen molar-refractivity contribution in [3.63, 3.8) is 0 Å². The molecule has 2 atom stereocenters. The number of carbonyl (C=O) groups excluding carboxylic acids is 1. The molecule has 4 rings (SSSR count). The number of nitrogens with zero attached hydrogens (tertiary/aromatic N) is 3. The van der Waals surface area contributed by atoms with E-state index in [0.717, 1.165) is 31.6 Å². The maximum Gasteiger partial charge on any atom is 0.223 e. The van der Waals surface area contributed by atoms with Crippen molar-refractivity contribution in [1.82, 2.24) is 9.21 Å². The van der Waals surface area contributed by atoms with Crippen molar-refractivity contribution >= 4 is 21.6 Å². The largest absolute Gasteiger partial charge is 0.312 e. The van der Waals surface area contributed by atoms with Crippen LogP contribution in [-0.2, 0) is 21.4 Å². The average Bonchev–Trinajstić information content (AvgIpc) is 3.30. The van der Waals surface area contributed by atoms with Crippen molar-refractivity contribution in [2.45, 2.75) is 76.5 Å². The molecule has 0 N–H and O–H groups in total. The third kappa shape index (κ3) is 4.37. The first kappa shape index (κ1) is 20.8. The number of carbonyl (C=O) groups is 1. The highest BCUT2D eigenvalue weighted by atomic mass is 32.2. The number of sulfonamides is 1. The molecule has 2 bridgehead atoms. The van der Waals surface area contributed by atoms with Gasteiger partial charge in [-0.2, -0.15) is 4.31 Å². The highest BCUT2D eigenvalue weighted by Gasteiger charge is 2.41. The predicted octanol–water partition coefficient (Wildman–Crippen LogP) is 2.98. The molecule has 6 nitrogen and oxygen atoms in total. The van der Waals surface area contributed by atoms with E-state index in [1.165, 1.54) is 37.5 Å². The van der Waals surface area contributed by atoms with E-state index in [9.17, 15) is 13.2 Å². The monoisotopic (exact) mass is 419 g/mol. The number of fused-ring (bicyclic) bond motifs is 3. The Balaban J connectivity index is 1.75. The minimum absolute atomic E-state index is 0.0181. The number of anilines is 1. The summed E-state index contributed by atoms with van der Waals surface area (Å²) < 4.78 is 27.1. The predicted molar refractivity (Wildman–Crippen MR) is 115 cm³/mol. The number of para-hydroxylation sites is 1. The number of hydrogen-bond acceptors (Lipinski definition) is 4. The lowest BCUT2D eigenvalue weighted by Crippen LogP contribution is -2.48. The lowest BCUT2D eigenvalue weighted by molar-refractivity contribution is -0.116. The Kier molecular flexibility index (Phi) is 6.00. The Hall–Kier alpha value is -1.44. The van der Waals surface area contributed by atoms with Gasteiger partial charge in [-0.25, -0.2) is 8.42 Å². The van der Waals surface area contributed by atoms with E-state index >= 15 is 0 Å². The molecule has 160 valence electrons. The summed E-state index contributed by atoms with van der Waals surface area (Å²) in [5.74, 6) is 0.0181. The second-order valence-corrected chi connectivity index (χ2v) is 10.8. The fourth-order valence-electron chi connectivity index (χ4n) is 5.66. The van der Waals surface area contributed by atoms with Gasteiger partial charge in [0, 0.05) is 50.4 Å². The van der Waals surface area contributed by atoms with E-state index in [1.807, 2.05) is 23.1 Å². The van der Waals surface area contributed by atoms with E-state index in [2.05, 4.69) is 11.0 Å². The molecule has 1 aromatic rings. The molecule has 1 amide bonds. The molecule has 1 aliphatic carbocycles. The first-order valence-corrected chi connectivity index (χ1v) is 12.8. The first-order chi connectivity index (χ1) is 13.8. The van der Waals surface area contributed by atoms with Gasteiger partial charge in [0.15, 0.2) is 0 Å². The van der Waals surface area contributed by atoms with Crippen molar-refractivity contribution in [2.24, 2.45) is 0 Å². The molecule has 1 saturated carbocycles. The Labute approximate surface area is 174 Å². The maximum atomic E-state index is 12.7. The van der Waals surface area contributed by atoms with Crippen molar-refractivity contribution in [3.8, 4) is 0 Å². The molecular weight excluding hydrogens is 386 g/mol. The summed E-state index contributed by atoms with van der Waals surface area (Å²) in [6.07, 6.45) is 8.64. The van der Waals surface area contributed by atoms with Crippen LogP contribution in [0.2, 0.25) is 0 Å². The fraction of sp³-hybridized carbons (Fsp3) is 0.682. The van der Waals surface area contributed by atoms with Gasteiger partial charge in [0.05, 0.1) is 6.26 Å². The normalized spacial score (nSPS) is 27.6. The van der Waals surface area contributed by atoms with Gasteiger partial charge in [0.25, 0.3) is 0 Å². The van der Waals surface area contributed by atoms with Crippen LogP contribution in [0, 0.1) is 0 Å². The van der Waals surface area contributed by atoms with Gasteiger partial charge < -0.3 is 4.90 Å². The van der Waals surface area contributed by atoms with Crippen LogP contribution in [0.5, 0.6) is 0 Å². The Morgan fingerprint density at radius 1 is 0.966 bits per heavy atom. The number of benzene rings is 1. The van der Waals surface area contributed by atoms with Gasteiger partial charge >= 0.3 is 0 Å². The maximum absolute atomic E-state index is 12.7. The van der Waals surface area contributed by atoms with Gasteiger partial charge in [0.2, 0.25) is 15.9 Å². The lowest BCUT2D eigenvalue weighted by atomic mass is 10.1. The van der Waals surface area contributed by atoms with E-state index in [4.69, 9.17) is 0 Å². The average molecular weight is 420 g/mol. The fourth-order valence-corrected chi connectivity index (χ4v) is 7.12. The Bertz CT molecular complexity index is 851. The van der Waals surface area contributed by atoms with Gasteiger partial charge in [-0.15, -0.1) is 0 Å². The zero-order valence-electron chi connectivity index (χ0n) is 17.6. The molecule has 29 heavy (non-hydrogen) atoms. The van der Waals surface area contributed by atoms with Crippen LogP contribution in [0.25, 0.3) is 0 Å². The second-order valence-electron chi connectivity index (χ2n) is 8.93. The smallest absolute Gasteiger partial charge is 0.223 e. The van der Waals surface area contributed by atoms with E-state index in [1.54, 1.807) is 11.2 Å². The van der Waals surface area contributed by atoms with Crippen LogP contribution in [0.4, 0.5) is 5.69 Å². The zero-order valence-corrected chi connectivity index (χ0v) is 18.4. The lowest BCUT2D eigenvalue weighted by Gasteiger charge is -2.35. The minimum atomic E-state index is -3.29. The highest BCUT2D eigenvalue weighted by molar-refractivity contribution is 7.88. The van der Waals surface area contributed by atoms with Crippen LogP contribution in [0.15, 0.2) is 24.3 Å². The molecule has 2 heterocycles. The molecule has 2 fully saturated rings. The molecule has 0 spiro atoms. The summed E-state index contributed by atoms with van der Waals surface area (Å²) in [6.45, 7) is 3.71. The summed E-state index contributed by atoms with van der Waals surface area (Å²) >= 11 is 0. The molecule has 0 unspecified atom stereocenters. The van der Waals surface area contributed by atoms with Crippen LogP contribution in [0.1, 0.15) is 57.4 Å². The molecule has 1 aromatic carbocycles. The summed E-state index contributed by atoms with van der Waals surface area (Å²) in [4.78, 5) is 16.9. The summed E-state index contributed by atoms with van der Waals surface area (Å²) in [7, 11) is -3.29. The van der Waals surface area contributed by atoms with Crippen molar-refractivity contribution in [1.29, 1.82) is 0 Å². The molecular formula is C22H33N3O3S. The molecule has 0 radical (unpaired) electrons. The standard InChI is InChI=1S/C22H33N3O3S/c1-17(26)24-14-13-20-11-12-21(25(20)29(2,27)28)16-23(19-8-4-5-9-19)15-18-7-3-6-10-22(18)24/h3,6-7,10,19-21H,4-5,8-9,11-16H2,1-2H3/t20-,21+/m1/s1. The summed E-state index contributed by atoms with van der Waals surface area (Å²) in [5.41, 5.74) is 2.14. The van der Waals surface area contributed by atoms with E-state index < -0.39 is 10.0 Å². The number of rotatable bonds is 2. The second kappa shape index (κ2) is 8.36. The Morgan fingerprint density at radius 2 is 1.66 bits per heavy atom. The Morgan fingerprint density at radius 3 is 2.34 bits per heavy atom. The van der Waals surface area contributed by atoms with Crippen LogP contribution >= 0.6 is 0 Å². The molecule has 1 saturated heterocycles. The number of amides is 1. The number of hydrogen-bond donors (Lipinski definition) is 0. The zero-order chi connectivity index (χ0) is 20.6. The van der Waals surface area contributed by atoms with Crippen LogP contribution < -0.4 is 4.90 Å². The van der Waals surface area contributed by atoms with Gasteiger partial charge in [0.1, 0.15) is 0 Å². The molecule has 3 aliphatic rings. The topological polar surface area (TPSA) is 60.9 Å². The third-order valence-electron chi connectivity index (χ3n) is 6.94. The molecule has 2 aliphatic heterocycles. The van der Waals surface area contributed by atoms with Crippen LogP contribution in [0.3, 0.4) is 0 Å². The van der Waals surface area contributed by atoms with Crippen molar-refractivity contribution < 1.29 is 13.2 Å². The quantitative estimate of drug-likeness (QED) is 0.739. The van der Waals surface area contributed by atoms with Gasteiger partial charge in [-0.1, -0.05) is 31.0 Å². The van der Waals surface area contributed by atoms with Crippen molar-refractivity contribution in [3.05, 3.63) is 29.8 Å². The van der Waals surface area contributed by atoms with E-state index in [0.29, 0.717) is 19.0 Å². The highest BCUT2D eigenvalue weighted by Crippen LogP contribution is 2.35.